The van der Waals surface area contributed by atoms with Gasteiger partial charge in [-0.25, -0.2) is 0 Å². The van der Waals surface area contributed by atoms with E-state index in [9.17, 15) is 0 Å². The molecule has 0 amide bonds. The summed E-state index contributed by atoms with van der Waals surface area (Å²) in [6.07, 6.45) is 4.15. The molecule has 0 spiro atoms. The summed E-state index contributed by atoms with van der Waals surface area (Å²) in [5.74, 6) is 5.91. The maximum Gasteiger partial charge on any atom is 0.0615 e. The van der Waals surface area contributed by atoms with Gasteiger partial charge in [0.05, 0.1) is 10.6 Å². The molecular weight excluding hydrogens is 237 g/mol. The first kappa shape index (κ1) is 9.57. The lowest BCUT2D eigenvalue weighted by Crippen LogP contribution is -1.78. The zero-order chi connectivity index (χ0) is 8.81. The molecular formula is C9H7BrClN. The first-order valence-corrected chi connectivity index (χ1v) is 4.99. The van der Waals surface area contributed by atoms with Gasteiger partial charge in [0.25, 0.3) is 0 Å². The number of halogens is 2. The molecule has 0 unspecified atom stereocenters. The lowest BCUT2D eigenvalue weighted by molar-refractivity contribution is 1.30. The Kier molecular flexibility index (Phi) is 4.13. The summed E-state index contributed by atoms with van der Waals surface area (Å²) < 4.78 is 0. The fraction of sp³-hybridized carbons (Fsp3) is 0.222. The smallest absolute Gasteiger partial charge is 0.0615 e. The normalized spacial score (nSPS) is 8.83. The van der Waals surface area contributed by atoms with Gasteiger partial charge < -0.3 is 0 Å². The first-order valence-electron chi connectivity index (χ1n) is 3.49. The van der Waals surface area contributed by atoms with Gasteiger partial charge in [-0.05, 0) is 6.07 Å². The fourth-order valence-corrected chi connectivity index (χ4v) is 1.03. The van der Waals surface area contributed by atoms with Crippen LogP contribution in [0.15, 0.2) is 18.5 Å². The number of hydrogen-bond acceptors (Lipinski definition) is 1. The molecule has 1 heterocycles. The molecule has 0 atom stereocenters. The van der Waals surface area contributed by atoms with Crippen molar-refractivity contribution < 1.29 is 0 Å². The second kappa shape index (κ2) is 5.18. The van der Waals surface area contributed by atoms with Crippen LogP contribution in [0.2, 0.25) is 5.02 Å². The van der Waals surface area contributed by atoms with E-state index in [0.29, 0.717) is 5.02 Å². The topological polar surface area (TPSA) is 12.9 Å². The van der Waals surface area contributed by atoms with E-state index in [2.05, 4.69) is 32.8 Å². The summed E-state index contributed by atoms with van der Waals surface area (Å²) >= 11 is 9.14. The monoisotopic (exact) mass is 243 g/mol. The van der Waals surface area contributed by atoms with Gasteiger partial charge in [-0.15, -0.1) is 0 Å². The summed E-state index contributed by atoms with van der Waals surface area (Å²) in [6.45, 7) is 0. The molecule has 0 bridgehead atoms. The van der Waals surface area contributed by atoms with Crippen LogP contribution in [-0.2, 0) is 0 Å². The molecule has 1 nitrogen and oxygen atoms in total. The van der Waals surface area contributed by atoms with Crippen LogP contribution in [-0.4, -0.2) is 10.3 Å². The Hall–Kier alpha value is -0.520. The fourth-order valence-electron chi connectivity index (χ4n) is 0.674. The van der Waals surface area contributed by atoms with Crippen molar-refractivity contribution in [1.29, 1.82) is 0 Å². The molecule has 0 N–H and O–H groups in total. The molecule has 0 fully saturated rings. The molecule has 0 aromatic carbocycles. The van der Waals surface area contributed by atoms with Gasteiger partial charge in [0.1, 0.15) is 0 Å². The van der Waals surface area contributed by atoms with Crippen molar-refractivity contribution in [3.63, 3.8) is 0 Å². The third kappa shape index (κ3) is 2.84. The molecule has 1 aromatic rings. The predicted octanol–water partition coefficient (Wildman–Crippen LogP) is 2.87. The van der Waals surface area contributed by atoms with Gasteiger partial charge in [-0.2, -0.15) is 0 Å². The van der Waals surface area contributed by atoms with Gasteiger partial charge in [0.2, 0.25) is 0 Å². The van der Waals surface area contributed by atoms with Crippen molar-refractivity contribution in [1.82, 2.24) is 4.98 Å². The zero-order valence-corrected chi connectivity index (χ0v) is 8.69. The third-order valence-electron chi connectivity index (χ3n) is 1.21. The molecule has 62 valence electrons. The Labute approximate surface area is 85.3 Å². The molecule has 0 aliphatic rings. The summed E-state index contributed by atoms with van der Waals surface area (Å²) in [7, 11) is 0. The minimum Gasteiger partial charge on any atom is -0.263 e. The maximum absolute atomic E-state index is 5.85. The van der Waals surface area contributed by atoms with Crippen LogP contribution in [0.25, 0.3) is 0 Å². The minimum absolute atomic E-state index is 0.659. The van der Waals surface area contributed by atoms with E-state index < -0.39 is 0 Å². The van der Waals surface area contributed by atoms with Crippen LogP contribution in [0.1, 0.15) is 12.0 Å². The van der Waals surface area contributed by atoms with E-state index >= 15 is 0 Å². The largest absolute Gasteiger partial charge is 0.263 e. The Morgan fingerprint density at radius 3 is 3.08 bits per heavy atom. The van der Waals surface area contributed by atoms with Crippen molar-refractivity contribution in [2.75, 3.05) is 5.33 Å². The first-order chi connectivity index (χ1) is 5.84. The van der Waals surface area contributed by atoms with Crippen LogP contribution < -0.4 is 0 Å². The van der Waals surface area contributed by atoms with Crippen molar-refractivity contribution in [2.45, 2.75) is 6.42 Å². The molecule has 3 heteroatoms. The standard InChI is InChI=1S/C9H7BrClN/c10-5-2-1-3-8-7-12-6-4-9(8)11/h4,6-7H,2,5H2. The number of aromatic nitrogens is 1. The van der Waals surface area contributed by atoms with Crippen LogP contribution in [0.4, 0.5) is 0 Å². The highest BCUT2D eigenvalue weighted by atomic mass is 79.9. The Bertz CT molecular complexity index is 314. The lowest BCUT2D eigenvalue weighted by atomic mass is 10.3. The van der Waals surface area contributed by atoms with E-state index in [4.69, 9.17) is 11.6 Å². The van der Waals surface area contributed by atoms with Gasteiger partial charge in [-0.3, -0.25) is 4.98 Å². The summed E-state index contributed by atoms with van der Waals surface area (Å²) in [6, 6.07) is 1.74. The molecule has 0 saturated heterocycles. The van der Waals surface area contributed by atoms with Gasteiger partial charge >= 0.3 is 0 Å². The lowest BCUT2D eigenvalue weighted by Gasteiger charge is -1.91. The van der Waals surface area contributed by atoms with Crippen molar-refractivity contribution in [2.24, 2.45) is 0 Å². The average molecular weight is 245 g/mol. The Morgan fingerprint density at radius 2 is 2.42 bits per heavy atom. The Balaban J connectivity index is 2.77. The maximum atomic E-state index is 5.85. The second-order valence-electron chi connectivity index (χ2n) is 2.10. The summed E-state index contributed by atoms with van der Waals surface area (Å²) in [4.78, 5) is 3.93. The molecule has 12 heavy (non-hydrogen) atoms. The highest BCUT2D eigenvalue weighted by molar-refractivity contribution is 9.09. The number of rotatable bonds is 1. The Morgan fingerprint density at radius 1 is 1.58 bits per heavy atom. The van der Waals surface area contributed by atoms with Crippen LogP contribution >= 0.6 is 27.5 Å². The van der Waals surface area contributed by atoms with E-state index in [1.165, 1.54) is 0 Å². The van der Waals surface area contributed by atoms with Gasteiger partial charge in [-0.1, -0.05) is 39.4 Å². The van der Waals surface area contributed by atoms with E-state index in [1.54, 1.807) is 18.5 Å². The third-order valence-corrected chi connectivity index (χ3v) is 1.94. The number of nitrogens with zero attached hydrogens (tertiary/aromatic N) is 1. The van der Waals surface area contributed by atoms with Gasteiger partial charge in [0.15, 0.2) is 0 Å². The zero-order valence-electron chi connectivity index (χ0n) is 6.35. The van der Waals surface area contributed by atoms with Crippen LogP contribution in [0, 0.1) is 11.8 Å². The average Bonchev–Trinajstić information content (AvgIpc) is 2.09. The van der Waals surface area contributed by atoms with Crippen LogP contribution in [0.5, 0.6) is 0 Å². The van der Waals surface area contributed by atoms with Crippen LogP contribution in [0.3, 0.4) is 0 Å². The van der Waals surface area contributed by atoms with E-state index in [1.807, 2.05) is 0 Å². The van der Waals surface area contributed by atoms with Gasteiger partial charge in [0, 0.05) is 24.1 Å². The number of alkyl halides is 1. The quantitative estimate of drug-likeness (QED) is 0.547. The van der Waals surface area contributed by atoms with Crippen molar-refractivity contribution >= 4 is 27.5 Å². The highest BCUT2D eigenvalue weighted by Crippen LogP contribution is 2.11. The molecule has 0 saturated carbocycles. The second-order valence-corrected chi connectivity index (χ2v) is 3.30. The predicted molar refractivity (Wildman–Crippen MR) is 54.5 cm³/mol. The molecule has 1 rings (SSSR count). The highest BCUT2D eigenvalue weighted by Gasteiger charge is 1.92. The molecule has 0 aliphatic carbocycles. The van der Waals surface area contributed by atoms with E-state index in [-0.39, 0.29) is 0 Å². The molecule has 0 aliphatic heterocycles. The summed E-state index contributed by atoms with van der Waals surface area (Å²) in [5, 5.41) is 1.55. The number of hydrogen-bond donors (Lipinski definition) is 0. The summed E-state index contributed by atoms with van der Waals surface area (Å²) in [5.41, 5.74) is 0.792. The number of pyridine rings is 1. The molecule has 0 radical (unpaired) electrons. The SMILES string of the molecule is Clc1ccncc1C#CCCBr. The van der Waals surface area contributed by atoms with Crippen molar-refractivity contribution in [3.8, 4) is 11.8 Å². The molecule has 1 aromatic heterocycles. The minimum atomic E-state index is 0.659. The van der Waals surface area contributed by atoms with E-state index in [0.717, 1.165) is 17.3 Å². The van der Waals surface area contributed by atoms with Crippen molar-refractivity contribution in [3.05, 3.63) is 29.0 Å².